The Kier molecular flexibility index (Phi) is 6.63. The van der Waals surface area contributed by atoms with Crippen LogP contribution in [0.5, 0.6) is 0 Å². The summed E-state index contributed by atoms with van der Waals surface area (Å²) in [5.41, 5.74) is 1.88. The first-order valence-corrected chi connectivity index (χ1v) is 11.7. The molecule has 152 valence electrons. The van der Waals surface area contributed by atoms with Gasteiger partial charge in [0.25, 0.3) is 0 Å². The van der Waals surface area contributed by atoms with E-state index in [9.17, 15) is 4.79 Å². The van der Waals surface area contributed by atoms with Gasteiger partial charge in [-0.1, -0.05) is 36.9 Å². The molecular formula is C21H24N4O2S2. The van der Waals surface area contributed by atoms with Crippen LogP contribution < -0.4 is 5.32 Å². The Balaban J connectivity index is 1.50. The lowest BCUT2D eigenvalue weighted by atomic mass is 10.2. The Morgan fingerprint density at radius 1 is 1.34 bits per heavy atom. The fourth-order valence-corrected chi connectivity index (χ4v) is 4.86. The van der Waals surface area contributed by atoms with Crippen molar-refractivity contribution < 1.29 is 9.53 Å². The number of nitrogens with zero attached hydrogens (tertiary/aromatic N) is 3. The van der Waals surface area contributed by atoms with E-state index in [0.717, 1.165) is 48.1 Å². The summed E-state index contributed by atoms with van der Waals surface area (Å²) in [4.78, 5) is 13.7. The Morgan fingerprint density at radius 2 is 2.21 bits per heavy atom. The largest absolute Gasteiger partial charge is 0.376 e. The lowest BCUT2D eigenvalue weighted by Crippen LogP contribution is -2.18. The number of benzene rings is 1. The summed E-state index contributed by atoms with van der Waals surface area (Å²) in [6.07, 6.45) is 3.31. The maximum absolute atomic E-state index is 12.3. The lowest BCUT2D eigenvalue weighted by Gasteiger charge is -2.14. The van der Waals surface area contributed by atoms with Crippen LogP contribution >= 0.6 is 23.1 Å². The van der Waals surface area contributed by atoms with Gasteiger partial charge in [-0.3, -0.25) is 9.36 Å². The van der Waals surface area contributed by atoms with Crippen LogP contribution in [0, 0.1) is 0 Å². The first kappa shape index (κ1) is 20.1. The van der Waals surface area contributed by atoms with Gasteiger partial charge in [0.05, 0.1) is 18.4 Å². The SMILES string of the molecule is CCc1cc(-c2nnc(SCC(=O)Nc3ccccc3)n2C[C@@H]2CCCO2)cs1. The molecule has 8 heteroatoms. The van der Waals surface area contributed by atoms with E-state index in [4.69, 9.17) is 4.74 Å². The van der Waals surface area contributed by atoms with E-state index in [2.05, 4.69) is 38.5 Å². The van der Waals surface area contributed by atoms with Gasteiger partial charge in [-0.25, -0.2) is 0 Å². The van der Waals surface area contributed by atoms with Crippen LogP contribution in [0.3, 0.4) is 0 Å². The van der Waals surface area contributed by atoms with E-state index in [0.29, 0.717) is 6.54 Å². The van der Waals surface area contributed by atoms with Gasteiger partial charge < -0.3 is 10.1 Å². The highest BCUT2D eigenvalue weighted by atomic mass is 32.2. The van der Waals surface area contributed by atoms with Crippen molar-refractivity contribution in [2.75, 3.05) is 17.7 Å². The van der Waals surface area contributed by atoms with E-state index in [-0.39, 0.29) is 17.8 Å². The summed E-state index contributed by atoms with van der Waals surface area (Å²) in [5.74, 6) is 1.07. The van der Waals surface area contributed by atoms with Gasteiger partial charge in [0, 0.05) is 28.1 Å². The fourth-order valence-electron chi connectivity index (χ4n) is 3.30. The van der Waals surface area contributed by atoms with Crippen LogP contribution in [0.2, 0.25) is 0 Å². The quantitative estimate of drug-likeness (QED) is 0.536. The standard InChI is InChI=1S/C21H24N4O2S2/c1-2-18-11-15(13-28-18)20-23-24-21(25(20)12-17-9-6-10-27-17)29-14-19(26)22-16-7-4-3-5-8-16/h3-5,7-8,11,13,17H,2,6,9-10,12,14H2,1H3,(H,22,26)/t17-/m0/s1. The molecule has 6 nitrogen and oxygen atoms in total. The third-order valence-electron chi connectivity index (χ3n) is 4.78. The summed E-state index contributed by atoms with van der Waals surface area (Å²) in [5, 5.41) is 14.6. The van der Waals surface area contributed by atoms with Crippen molar-refractivity contribution in [3.63, 3.8) is 0 Å². The summed E-state index contributed by atoms with van der Waals surface area (Å²) >= 11 is 3.15. The average molecular weight is 429 g/mol. The molecule has 3 heterocycles. The number of ether oxygens (including phenoxy) is 1. The molecule has 3 aromatic rings. The van der Waals surface area contributed by atoms with E-state index in [1.54, 1.807) is 11.3 Å². The third-order valence-corrected chi connectivity index (χ3v) is 6.83. The van der Waals surface area contributed by atoms with E-state index >= 15 is 0 Å². The van der Waals surface area contributed by atoms with Crippen molar-refractivity contribution in [3.05, 3.63) is 46.7 Å². The summed E-state index contributed by atoms with van der Waals surface area (Å²) in [7, 11) is 0. The number of hydrogen-bond donors (Lipinski definition) is 1. The molecular weight excluding hydrogens is 404 g/mol. The number of carbonyl (C=O) groups excluding carboxylic acids is 1. The molecule has 1 atom stereocenters. The van der Waals surface area contributed by atoms with Crippen molar-refractivity contribution in [1.29, 1.82) is 0 Å². The third kappa shape index (κ3) is 5.07. The lowest BCUT2D eigenvalue weighted by molar-refractivity contribution is -0.113. The highest BCUT2D eigenvalue weighted by molar-refractivity contribution is 7.99. The molecule has 1 N–H and O–H groups in total. The van der Waals surface area contributed by atoms with Crippen LogP contribution in [0.15, 0.2) is 46.9 Å². The van der Waals surface area contributed by atoms with Crippen LogP contribution in [0.1, 0.15) is 24.6 Å². The van der Waals surface area contributed by atoms with Gasteiger partial charge in [-0.2, -0.15) is 0 Å². The van der Waals surface area contributed by atoms with Crippen LogP contribution in [0.4, 0.5) is 5.69 Å². The van der Waals surface area contributed by atoms with Gasteiger partial charge in [0.15, 0.2) is 11.0 Å². The highest BCUT2D eigenvalue weighted by Gasteiger charge is 2.22. The van der Waals surface area contributed by atoms with Crippen LogP contribution in [-0.4, -0.2) is 39.1 Å². The summed E-state index contributed by atoms with van der Waals surface area (Å²) in [6, 6.07) is 11.7. The number of carbonyl (C=O) groups is 1. The average Bonchev–Trinajstić information content (AvgIpc) is 3.49. The number of para-hydroxylation sites is 1. The minimum absolute atomic E-state index is 0.0572. The second-order valence-electron chi connectivity index (χ2n) is 6.91. The molecule has 1 aliphatic heterocycles. The van der Waals surface area contributed by atoms with E-state index < -0.39 is 0 Å². The van der Waals surface area contributed by atoms with Crippen molar-refractivity contribution in [1.82, 2.24) is 14.8 Å². The zero-order valence-corrected chi connectivity index (χ0v) is 18.0. The molecule has 1 aromatic carbocycles. The topological polar surface area (TPSA) is 69.0 Å². The predicted octanol–water partition coefficient (Wildman–Crippen LogP) is 4.48. The minimum Gasteiger partial charge on any atom is -0.376 e. The Morgan fingerprint density at radius 3 is 2.93 bits per heavy atom. The molecule has 4 rings (SSSR count). The maximum atomic E-state index is 12.3. The molecule has 0 saturated carbocycles. The number of thioether (sulfide) groups is 1. The normalized spacial score (nSPS) is 16.2. The monoisotopic (exact) mass is 428 g/mol. The number of rotatable bonds is 8. The van der Waals surface area contributed by atoms with Crippen molar-refractivity contribution in [3.8, 4) is 11.4 Å². The van der Waals surface area contributed by atoms with Gasteiger partial charge in [-0.15, -0.1) is 21.5 Å². The number of thiophene rings is 1. The molecule has 1 amide bonds. The second kappa shape index (κ2) is 9.56. The van der Waals surface area contributed by atoms with Crippen LogP contribution in [-0.2, 0) is 22.5 Å². The van der Waals surface area contributed by atoms with Gasteiger partial charge in [0.1, 0.15) is 0 Å². The molecule has 29 heavy (non-hydrogen) atoms. The maximum Gasteiger partial charge on any atom is 0.234 e. The predicted molar refractivity (Wildman–Crippen MR) is 117 cm³/mol. The Hall–Kier alpha value is -2.16. The van der Waals surface area contributed by atoms with Crippen molar-refractivity contribution in [2.45, 2.75) is 44.0 Å². The molecule has 0 radical (unpaired) electrons. The first-order chi connectivity index (χ1) is 14.2. The molecule has 2 aromatic heterocycles. The summed E-state index contributed by atoms with van der Waals surface area (Å²) in [6.45, 7) is 3.67. The smallest absolute Gasteiger partial charge is 0.234 e. The molecule has 1 aliphatic rings. The van der Waals surface area contributed by atoms with Gasteiger partial charge >= 0.3 is 0 Å². The number of aryl methyl sites for hydroxylation is 1. The number of aromatic nitrogens is 3. The molecule has 1 saturated heterocycles. The van der Waals surface area contributed by atoms with Gasteiger partial charge in [-0.05, 0) is 37.5 Å². The van der Waals surface area contributed by atoms with E-state index in [1.807, 2.05) is 30.3 Å². The molecule has 0 spiro atoms. The molecule has 0 unspecified atom stereocenters. The molecule has 0 bridgehead atoms. The zero-order chi connectivity index (χ0) is 20.1. The minimum atomic E-state index is -0.0572. The van der Waals surface area contributed by atoms with E-state index in [1.165, 1.54) is 16.6 Å². The Labute approximate surface area is 178 Å². The molecule has 1 fully saturated rings. The summed E-state index contributed by atoms with van der Waals surface area (Å²) < 4.78 is 7.95. The number of nitrogens with one attached hydrogen (secondary N) is 1. The number of anilines is 1. The van der Waals surface area contributed by atoms with Gasteiger partial charge in [0.2, 0.25) is 5.91 Å². The fraction of sp³-hybridized carbons (Fsp3) is 0.381. The van der Waals surface area contributed by atoms with Crippen molar-refractivity contribution >= 4 is 34.7 Å². The number of amides is 1. The van der Waals surface area contributed by atoms with Crippen LogP contribution in [0.25, 0.3) is 11.4 Å². The second-order valence-corrected chi connectivity index (χ2v) is 8.85. The highest BCUT2D eigenvalue weighted by Crippen LogP contribution is 2.29. The Bertz CT molecular complexity index is 949. The first-order valence-electron chi connectivity index (χ1n) is 9.83. The van der Waals surface area contributed by atoms with Crippen molar-refractivity contribution in [2.24, 2.45) is 0 Å². The molecule has 0 aliphatic carbocycles. The number of hydrogen-bond acceptors (Lipinski definition) is 6. The zero-order valence-electron chi connectivity index (χ0n) is 16.3.